The number of nitrogens with one attached hydrogen (secondary N) is 1. The molecule has 2 aromatic carbocycles. The van der Waals surface area contributed by atoms with Crippen molar-refractivity contribution in [1.29, 1.82) is 0 Å². The van der Waals surface area contributed by atoms with E-state index in [1.807, 2.05) is 24.3 Å². The summed E-state index contributed by atoms with van der Waals surface area (Å²) in [5.41, 5.74) is 1.85. The van der Waals surface area contributed by atoms with Crippen molar-refractivity contribution >= 4 is 26.8 Å². The topological polar surface area (TPSA) is 39.3 Å². The monoisotopic (exact) mass is 470 g/mol. The largest absolute Gasteiger partial charge is 0.390 e. The Kier molecular flexibility index (Phi) is 5.21. The van der Waals surface area contributed by atoms with E-state index in [2.05, 4.69) is 20.9 Å². The van der Waals surface area contributed by atoms with Gasteiger partial charge < -0.3 is 10.1 Å². The third kappa shape index (κ3) is 3.58. The van der Waals surface area contributed by atoms with Crippen molar-refractivity contribution in [3.8, 4) is 0 Å². The van der Waals surface area contributed by atoms with Crippen molar-refractivity contribution < 1.29 is 22.7 Å². The molecule has 0 saturated heterocycles. The summed E-state index contributed by atoms with van der Waals surface area (Å²) >= 11 is 3.06. The highest BCUT2D eigenvalue weighted by Crippen LogP contribution is 2.43. The number of para-hydroxylation sites is 1. The van der Waals surface area contributed by atoms with E-state index in [0.717, 1.165) is 28.6 Å². The Bertz CT molecular complexity index is 1050. The summed E-state index contributed by atoms with van der Waals surface area (Å²) in [6.07, 6.45) is 0.442. The number of aliphatic hydroxyl groups is 1. The minimum Gasteiger partial charge on any atom is -0.390 e. The van der Waals surface area contributed by atoms with Crippen LogP contribution in [0.5, 0.6) is 0 Å². The van der Waals surface area contributed by atoms with Gasteiger partial charge in [-0.15, -0.1) is 0 Å². The average molecular weight is 471 g/mol. The minimum absolute atomic E-state index is 0.226. The molecular weight excluding hydrogens is 452 g/mol. The summed E-state index contributed by atoms with van der Waals surface area (Å²) < 4.78 is 58.3. The molecule has 0 fully saturated rings. The zero-order valence-corrected chi connectivity index (χ0v) is 17.1. The number of halogens is 5. The molecule has 1 aromatic heterocycles. The number of nitrogens with zero attached hydrogens (tertiary/aromatic N) is 1. The Morgan fingerprint density at radius 1 is 1.21 bits per heavy atom. The molecule has 1 aliphatic rings. The van der Waals surface area contributed by atoms with Gasteiger partial charge in [-0.05, 0) is 37.1 Å². The number of hydrogen-bond donors (Lipinski definition) is 2. The second-order valence-corrected chi connectivity index (χ2v) is 8.40. The number of rotatable bonds is 4. The Morgan fingerprint density at radius 3 is 2.52 bits per heavy atom. The molecule has 0 radical (unpaired) electrons. The molecule has 3 nitrogen and oxygen atoms in total. The molecule has 2 atom stereocenters. The lowest BCUT2D eigenvalue weighted by atomic mass is 9.88. The van der Waals surface area contributed by atoms with Crippen molar-refractivity contribution in [2.75, 3.05) is 13.2 Å². The number of aromatic nitrogens is 1. The standard InChI is InChI=1S/C21H19BrF4N2O/c1-11-6-14-13-4-2-3-5-17(13)27-19(14)20(28(11)9-21(25,26)10-29)18-15(23)7-12(22)8-16(18)24/h2-5,7-8,11,20,27,29H,6,9-10H2,1H3. The van der Waals surface area contributed by atoms with Gasteiger partial charge in [0.1, 0.15) is 18.2 Å². The predicted molar refractivity (Wildman–Crippen MR) is 106 cm³/mol. The summed E-state index contributed by atoms with van der Waals surface area (Å²) in [6.45, 7) is -0.410. The first-order valence-corrected chi connectivity index (χ1v) is 9.99. The first kappa shape index (κ1) is 20.4. The fourth-order valence-electron chi connectivity index (χ4n) is 4.20. The third-order valence-corrected chi connectivity index (χ3v) is 5.94. The van der Waals surface area contributed by atoms with Gasteiger partial charge in [-0.3, -0.25) is 4.90 Å². The Morgan fingerprint density at radius 2 is 1.86 bits per heavy atom. The molecule has 0 bridgehead atoms. The van der Waals surface area contributed by atoms with Crippen LogP contribution in [-0.2, 0) is 6.42 Å². The number of aromatic amines is 1. The van der Waals surface area contributed by atoms with Crippen LogP contribution in [0.1, 0.15) is 29.8 Å². The van der Waals surface area contributed by atoms with Gasteiger partial charge in [0.25, 0.3) is 5.92 Å². The maximum Gasteiger partial charge on any atom is 0.283 e. The number of benzene rings is 2. The molecule has 0 spiro atoms. The predicted octanol–water partition coefficient (Wildman–Crippen LogP) is 5.17. The van der Waals surface area contributed by atoms with E-state index in [9.17, 15) is 17.6 Å². The molecule has 0 amide bonds. The van der Waals surface area contributed by atoms with Crippen LogP contribution in [0, 0.1) is 11.6 Å². The molecule has 3 aromatic rings. The Hall–Kier alpha value is -1.90. The lowest BCUT2D eigenvalue weighted by Crippen LogP contribution is -2.49. The normalized spacial score (nSPS) is 20.2. The van der Waals surface area contributed by atoms with Crippen molar-refractivity contribution in [2.45, 2.75) is 31.4 Å². The lowest BCUT2D eigenvalue weighted by Gasteiger charge is -2.42. The van der Waals surface area contributed by atoms with Crippen LogP contribution < -0.4 is 0 Å². The van der Waals surface area contributed by atoms with E-state index < -0.39 is 42.8 Å². The van der Waals surface area contributed by atoms with E-state index in [-0.39, 0.29) is 10.0 Å². The minimum atomic E-state index is -3.40. The van der Waals surface area contributed by atoms with Crippen molar-refractivity contribution in [3.63, 3.8) is 0 Å². The molecule has 4 rings (SSSR count). The second kappa shape index (κ2) is 7.41. The van der Waals surface area contributed by atoms with Gasteiger partial charge in [-0.2, -0.15) is 0 Å². The van der Waals surface area contributed by atoms with E-state index in [0.29, 0.717) is 12.1 Å². The fourth-order valence-corrected chi connectivity index (χ4v) is 4.60. The van der Waals surface area contributed by atoms with Gasteiger partial charge in [0.05, 0.1) is 12.6 Å². The van der Waals surface area contributed by atoms with Crippen molar-refractivity contribution in [3.05, 3.63) is 69.3 Å². The molecular formula is C21H19BrF4N2O. The SMILES string of the molecule is CC1Cc2c([nH]c3ccccc23)C(c2c(F)cc(Br)cc2F)N1CC(F)(F)CO. The van der Waals surface area contributed by atoms with Crippen LogP contribution in [-0.4, -0.2) is 40.1 Å². The molecule has 0 aliphatic carbocycles. The van der Waals surface area contributed by atoms with Gasteiger partial charge in [-0.25, -0.2) is 17.6 Å². The molecule has 8 heteroatoms. The van der Waals surface area contributed by atoms with Crippen LogP contribution in [0.15, 0.2) is 40.9 Å². The van der Waals surface area contributed by atoms with Gasteiger partial charge in [0.15, 0.2) is 0 Å². The maximum atomic E-state index is 14.9. The van der Waals surface area contributed by atoms with Crippen LogP contribution in [0.3, 0.4) is 0 Å². The molecule has 2 N–H and O–H groups in total. The van der Waals surface area contributed by atoms with E-state index >= 15 is 0 Å². The van der Waals surface area contributed by atoms with Crippen LogP contribution >= 0.6 is 15.9 Å². The first-order chi connectivity index (χ1) is 13.7. The van der Waals surface area contributed by atoms with Crippen molar-refractivity contribution in [2.24, 2.45) is 0 Å². The summed E-state index contributed by atoms with van der Waals surface area (Å²) in [7, 11) is 0. The maximum absolute atomic E-state index is 14.9. The van der Waals surface area contributed by atoms with Crippen LogP contribution in [0.4, 0.5) is 17.6 Å². The number of H-pyrrole nitrogens is 1. The van der Waals surface area contributed by atoms with Crippen LogP contribution in [0.2, 0.25) is 0 Å². The third-order valence-electron chi connectivity index (χ3n) is 5.48. The van der Waals surface area contributed by atoms with E-state index in [4.69, 9.17) is 5.11 Å². The summed E-state index contributed by atoms with van der Waals surface area (Å²) in [5.74, 6) is -5.05. The van der Waals surface area contributed by atoms with Gasteiger partial charge in [-0.1, -0.05) is 34.1 Å². The van der Waals surface area contributed by atoms with E-state index in [1.54, 1.807) is 6.92 Å². The Labute approximate surface area is 173 Å². The molecule has 2 heterocycles. The number of alkyl halides is 2. The number of hydrogen-bond acceptors (Lipinski definition) is 2. The van der Waals surface area contributed by atoms with Gasteiger partial charge in [0.2, 0.25) is 0 Å². The average Bonchev–Trinajstić information content (AvgIpc) is 3.01. The quantitative estimate of drug-likeness (QED) is 0.516. The molecule has 1 aliphatic heterocycles. The fraction of sp³-hybridized carbons (Fsp3) is 0.333. The highest BCUT2D eigenvalue weighted by Gasteiger charge is 2.43. The van der Waals surface area contributed by atoms with Gasteiger partial charge >= 0.3 is 0 Å². The highest BCUT2D eigenvalue weighted by atomic mass is 79.9. The number of fused-ring (bicyclic) bond motifs is 3. The van der Waals surface area contributed by atoms with Crippen molar-refractivity contribution in [1.82, 2.24) is 9.88 Å². The molecule has 2 unspecified atom stereocenters. The van der Waals surface area contributed by atoms with E-state index in [1.165, 1.54) is 4.90 Å². The smallest absolute Gasteiger partial charge is 0.283 e. The van der Waals surface area contributed by atoms with Crippen LogP contribution in [0.25, 0.3) is 10.9 Å². The summed E-state index contributed by atoms with van der Waals surface area (Å²) in [5, 5.41) is 9.99. The molecule has 154 valence electrons. The lowest BCUT2D eigenvalue weighted by molar-refractivity contribution is -0.0869. The first-order valence-electron chi connectivity index (χ1n) is 9.20. The zero-order valence-electron chi connectivity index (χ0n) is 15.5. The highest BCUT2D eigenvalue weighted by molar-refractivity contribution is 9.10. The second-order valence-electron chi connectivity index (χ2n) is 7.49. The summed E-state index contributed by atoms with van der Waals surface area (Å²) in [6, 6.07) is 8.20. The Balaban J connectivity index is 1.96. The zero-order chi connectivity index (χ0) is 20.9. The number of aliphatic hydroxyl groups excluding tert-OH is 1. The van der Waals surface area contributed by atoms with Gasteiger partial charge in [0, 0.05) is 32.7 Å². The summed E-state index contributed by atoms with van der Waals surface area (Å²) in [4.78, 5) is 4.56. The molecule has 29 heavy (non-hydrogen) atoms. The molecule has 0 saturated carbocycles.